The molecule has 0 aliphatic heterocycles. The van der Waals surface area contributed by atoms with Gasteiger partial charge in [-0.3, -0.25) is 0 Å². The highest BCUT2D eigenvalue weighted by Gasteiger charge is 1.96. The second kappa shape index (κ2) is 2.18. The summed E-state index contributed by atoms with van der Waals surface area (Å²) in [4.78, 5) is 4.87. The van der Waals surface area contributed by atoms with E-state index in [1.807, 2.05) is 6.07 Å². The molecule has 2 nitrogen and oxygen atoms in total. The lowest BCUT2D eigenvalue weighted by molar-refractivity contribution is 1.44. The molecule has 1 radical (unpaired) electrons. The van der Waals surface area contributed by atoms with Crippen molar-refractivity contribution in [1.29, 1.82) is 0 Å². The summed E-state index contributed by atoms with van der Waals surface area (Å²) in [6.45, 7) is 0. The molecule has 0 amide bonds. The van der Waals surface area contributed by atoms with Crippen LogP contribution >= 0.6 is 23.1 Å². The number of aromatic nitrogens is 2. The van der Waals surface area contributed by atoms with Crippen molar-refractivity contribution < 1.29 is 0 Å². The van der Waals surface area contributed by atoms with Gasteiger partial charge >= 0.3 is 0 Å². The van der Waals surface area contributed by atoms with Crippen LogP contribution in [0.5, 0.6) is 0 Å². The first-order valence-electron chi connectivity index (χ1n) is 2.66. The predicted molar refractivity (Wildman–Crippen MR) is 41.3 cm³/mol. The van der Waals surface area contributed by atoms with Gasteiger partial charge in [-0.1, -0.05) is 11.6 Å². The van der Waals surface area contributed by atoms with E-state index in [0.717, 1.165) is 10.2 Å². The molecule has 0 aliphatic rings. The van der Waals surface area contributed by atoms with Gasteiger partial charge in [-0.15, -0.1) is 0 Å². The molecule has 2 heterocycles. The van der Waals surface area contributed by atoms with E-state index < -0.39 is 0 Å². The zero-order chi connectivity index (χ0) is 6.97. The third-order valence-corrected chi connectivity index (χ3v) is 2.00. The highest BCUT2D eigenvalue weighted by molar-refractivity contribution is 7.12. The van der Waals surface area contributed by atoms with Crippen LogP contribution in [0.2, 0.25) is 5.15 Å². The van der Waals surface area contributed by atoms with Crippen molar-refractivity contribution in [2.75, 3.05) is 0 Å². The Morgan fingerprint density at radius 2 is 2.40 bits per heavy atom. The Morgan fingerprint density at radius 3 is 3.30 bits per heavy atom. The van der Waals surface area contributed by atoms with Crippen molar-refractivity contribution in [3.63, 3.8) is 0 Å². The molecule has 2 aromatic heterocycles. The van der Waals surface area contributed by atoms with Crippen LogP contribution in [-0.2, 0) is 0 Å². The molecule has 0 atom stereocenters. The number of halogens is 1. The zero-order valence-electron chi connectivity index (χ0n) is 4.84. The van der Waals surface area contributed by atoms with Crippen molar-refractivity contribution in [3.05, 3.63) is 23.5 Å². The SMILES string of the molecule is Clc1ccc2[c]nsc2n1. The molecule has 49 valence electrons. The van der Waals surface area contributed by atoms with E-state index in [2.05, 4.69) is 15.6 Å². The number of nitrogens with zero attached hydrogens (tertiary/aromatic N) is 2. The summed E-state index contributed by atoms with van der Waals surface area (Å²) in [5, 5.41) is 1.43. The normalized spacial score (nSPS) is 10.5. The highest BCUT2D eigenvalue weighted by Crippen LogP contribution is 2.16. The fourth-order valence-electron chi connectivity index (χ4n) is 0.688. The fourth-order valence-corrected chi connectivity index (χ4v) is 1.47. The number of rotatable bonds is 0. The summed E-state index contributed by atoms with van der Waals surface area (Å²) in [7, 11) is 0. The first-order valence-corrected chi connectivity index (χ1v) is 3.81. The Labute approximate surface area is 66.6 Å². The zero-order valence-corrected chi connectivity index (χ0v) is 6.41. The minimum atomic E-state index is 0.505. The molecule has 2 aromatic rings. The summed E-state index contributed by atoms with van der Waals surface area (Å²) in [5.41, 5.74) is 0. The number of hydrogen-bond acceptors (Lipinski definition) is 3. The van der Waals surface area contributed by atoms with E-state index in [4.69, 9.17) is 11.6 Å². The summed E-state index contributed by atoms with van der Waals surface area (Å²) >= 11 is 6.93. The van der Waals surface area contributed by atoms with Crippen LogP contribution in [0.15, 0.2) is 12.1 Å². The van der Waals surface area contributed by atoms with Gasteiger partial charge in [0.05, 0.1) is 0 Å². The van der Waals surface area contributed by atoms with Gasteiger partial charge < -0.3 is 0 Å². The van der Waals surface area contributed by atoms with Crippen LogP contribution in [0.4, 0.5) is 0 Å². The Kier molecular flexibility index (Phi) is 1.32. The van der Waals surface area contributed by atoms with Crippen LogP contribution in [-0.4, -0.2) is 9.36 Å². The monoisotopic (exact) mass is 169 g/mol. The molecule has 0 aromatic carbocycles. The maximum Gasteiger partial charge on any atom is 0.145 e. The largest absolute Gasteiger partial charge is 0.224 e. The van der Waals surface area contributed by atoms with Crippen LogP contribution in [0, 0.1) is 6.20 Å². The van der Waals surface area contributed by atoms with Gasteiger partial charge in [-0.25, -0.2) is 4.98 Å². The topological polar surface area (TPSA) is 25.8 Å². The first-order chi connectivity index (χ1) is 4.86. The van der Waals surface area contributed by atoms with Crippen molar-refractivity contribution in [2.24, 2.45) is 0 Å². The molecular formula is C6H2ClN2S. The van der Waals surface area contributed by atoms with E-state index in [0.29, 0.717) is 5.15 Å². The maximum atomic E-state index is 5.63. The standard InChI is InChI=1S/C6H2ClN2S/c7-5-2-1-4-3-8-10-6(4)9-5/h1-2H. The lowest BCUT2D eigenvalue weighted by Crippen LogP contribution is -1.70. The third kappa shape index (κ3) is 0.874. The van der Waals surface area contributed by atoms with Gasteiger partial charge in [-0.2, -0.15) is 4.37 Å². The Balaban J connectivity index is 2.86. The van der Waals surface area contributed by atoms with E-state index in [9.17, 15) is 0 Å². The second-order valence-corrected chi connectivity index (χ2v) is 2.92. The molecule has 0 aliphatic carbocycles. The minimum Gasteiger partial charge on any atom is -0.224 e. The summed E-state index contributed by atoms with van der Waals surface area (Å²) in [5.74, 6) is 0. The third-order valence-electron chi connectivity index (χ3n) is 1.12. The van der Waals surface area contributed by atoms with Crippen molar-refractivity contribution in [1.82, 2.24) is 9.36 Å². The van der Waals surface area contributed by atoms with Crippen LogP contribution in [0.1, 0.15) is 0 Å². The molecule has 0 unspecified atom stereocenters. The molecule has 0 saturated heterocycles. The highest BCUT2D eigenvalue weighted by atomic mass is 35.5. The molecular weight excluding hydrogens is 168 g/mol. The fraction of sp³-hybridized carbons (Fsp3) is 0. The van der Waals surface area contributed by atoms with Gasteiger partial charge in [0.1, 0.15) is 16.2 Å². The van der Waals surface area contributed by atoms with Crippen molar-refractivity contribution in [2.45, 2.75) is 0 Å². The number of fused-ring (bicyclic) bond motifs is 1. The van der Waals surface area contributed by atoms with E-state index in [-0.39, 0.29) is 0 Å². The summed E-state index contributed by atoms with van der Waals surface area (Å²) in [6, 6.07) is 3.59. The molecule has 0 saturated carbocycles. The molecule has 10 heavy (non-hydrogen) atoms. The molecule has 0 N–H and O–H groups in total. The van der Waals surface area contributed by atoms with Gasteiger partial charge in [0, 0.05) is 5.39 Å². The van der Waals surface area contributed by atoms with Gasteiger partial charge in [-0.05, 0) is 23.7 Å². The summed E-state index contributed by atoms with van der Waals surface area (Å²) in [6.07, 6.45) is 2.79. The molecule has 4 heteroatoms. The van der Waals surface area contributed by atoms with Gasteiger partial charge in [0.25, 0.3) is 0 Å². The lowest BCUT2D eigenvalue weighted by Gasteiger charge is -1.85. The smallest absolute Gasteiger partial charge is 0.145 e. The average molecular weight is 170 g/mol. The van der Waals surface area contributed by atoms with Gasteiger partial charge in [0.15, 0.2) is 0 Å². The van der Waals surface area contributed by atoms with Crippen LogP contribution < -0.4 is 0 Å². The minimum absolute atomic E-state index is 0.505. The van der Waals surface area contributed by atoms with E-state index >= 15 is 0 Å². The molecule has 0 spiro atoms. The number of pyridine rings is 1. The Morgan fingerprint density at radius 1 is 1.50 bits per heavy atom. The first kappa shape index (κ1) is 6.07. The quantitative estimate of drug-likeness (QED) is 0.565. The van der Waals surface area contributed by atoms with Gasteiger partial charge in [0.2, 0.25) is 0 Å². The molecule has 0 fully saturated rings. The van der Waals surface area contributed by atoms with Crippen molar-refractivity contribution in [3.8, 4) is 0 Å². The maximum absolute atomic E-state index is 5.63. The lowest BCUT2D eigenvalue weighted by atomic mass is 10.4. The van der Waals surface area contributed by atoms with Crippen LogP contribution in [0.3, 0.4) is 0 Å². The van der Waals surface area contributed by atoms with E-state index in [1.54, 1.807) is 6.07 Å². The molecule has 2 rings (SSSR count). The van der Waals surface area contributed by atoms with Crippen LogP contribution in [0.25, 0.3) is 10.2 Å². The second-order valence-electron chi connectivity index (χ2n) is 1.78. The Bertz CT molecular complexity index is 357. The van der Waals surface area contributed by atoms with Crippen molar-refractivity contribution >= 4 is 33.4 Å². The average Bonchev–Trinajstić information content (AvgIpc) is 2.33. The Hall–Kier alpha value is -0.670. The summed E-state index contributed by atoms with van der Waals surface area (Å²) < 4.78 is 3.84. The van der Waals surface area contributed by atoms with E-state index in [1.165, 1.54) is 11.5 Å². The molecule has 0 bridgehead atoms. The number of hydrogen-bond donors (Lipinski definition) is 0. The predicted octanol–water partition coefficient (Wildman–Crippen LogP) is 2.14.